The van der Waals surface area contributed by atoms with Crippen LogP contribution in [-0.4, -0.2) is 74.2 Å². The van der Waals surface area contributed by atoms with E-state index >= 15 is 0 Å². The van der Waals surface area contributed by atoms with Crippen LogP contribution < -0.4 is 0 Å². The van der Waals surface area contributed by atoms with Gasteiger partial charge in [-0.1, -0.05) is 40.5 Å². The molecule has 0 bridgehead atoms. The van der Waals surface area contributed by atoms with Crippen molar-refractivity contribution in [2.24, 2.45) is 11.8 Å². The molecule has 4 atom stereocenters. The van der Waals surface area contributed by atoms with Gasteiger partial charge in [0.05, 0.1) is 14.2 Å². The molecule has 1 heterocycles. The highest BCUT2D eigenvalue weighted by Crippen LogP contribution is 2.22. The van der Waals surface area contributed by atoms with E-state index in [1.165, 1.54) is 14.2 Å². The molecule has 0 N–H and O–H groups in total. The smallest absolute Gasteiger partial charge is 0.323 e. The molecule has 0 aromatic heterocycles. The van der Waals surface area contributed by atoms with E-state index in [0.29, 0.717) is 0 Å². The molecule has 0 unspecified atom stereocenters. The van der Waals surface area contributed by atoms with Gasteiger partial charge in [0.2, 0.25) is 0 Å². The van der Waals surface area contributed by atoms with Gasteiger partial charge in [0.1, 0.15) is 12.1 Å². The molecule has 0 aliphatic carbocycles. The SMILES string of the molecule is CC[C@H](C)[C@@H](C(=O)OC)N1CCN([C@@H](C(=O)OC)[C@@H](C)CC)CC1. The van der Waals surface area contributed by atoms with E-state index in [0.717, 1.165) is 39.0 Å². The minimum Gasteiger partial charge on any atom is -0.468 e. The van der Waals surface area contributed by atoms with Gasteiger partial charge in [-0.3, -0.25) is 19.4 Å². The Morgan fingerprint density at radius 3 is 1.29 bits per heavy atom. The Morgan fingerprint density at radius 2 is 1.08 bits per heavy atom. The minimum atomic E-state index is -0.206. The molecule has 140 valence electrons. The molecule has 6 nitrogen and oxygen atoms in total. The number of ether oxygens (including phenoxy) is 2. The summed E-state index contributed by atoms with van der Waals surface area (Å²) in [6, 6.07) is -0.412. The fraction of sp³-hybridized carbons (Fsp3) is 0.889. The number of piperazine rings is 1. The maximum atomic E-state index is 12.2. The first-order chi connectivity index (χ1) is 11.4. The van der Waals surface area contributed by atoms with Crippen molar-refractivity contribution in [3.05, 3.63) is 0 Å². The van der Waals surface area contributed by atoms with Crippen molar-refractivity contribution < 1.29 is 19.1 Å². The molecule has 1 aliphatic heterocycles. The summed E-state index contributed by atoms with van der Waals surface area (Å²) < 4.78 is 10.0. The average molecular weight is 342 g/mol. The summed E-state index contributed by atoms with van der Waals surface area (Å²) in [6.45, 7) is 11.4. The average Bonchev–Trinajstić information content (AvgIpc) is 2.62. The first-order valence-electron chi connectivity index (χ1n) is 9.04. The second kappa shape index (κ2) is 9.99. The van der Waals surface area contributed by atoms with E-state index in [2.05, 4.69) is 37.5 Å². The number of carbonyl (C=O) groups excluding carboxylic acids is 2. The van der Waals surface area contributed by atoms with Crippen LogP contribution >= 0.6 is 0 Å². The lowest BCUT2D eigenvalue weighted by Gasteiger charge is -2.43. The number of esters is 2. The Bertz CT molecular complexity index is 370. The highest BCUT2D eigenvalue weighted by Gasteiger charge is 2.37. The number of hydrogen-bond acceptors (Lipinski definition) is 6. The van der Waals surface area contributed by atoms with Gasteiger partial charge in [-0.2, -0.15) is 0 Å². The highest BCUT2D eigenvalue weighted by atomic mass is 16.5. The summed E-state index contributed by atoms with van der Waals surface area (Å²) in [5.74, 6) is 0.165. The predicted molar refractivity (Wildman–Crippen MR) is 93.7 cm³/mol. The molecular formula is C18H34N2O4. The molecular weight excluding hydrogens is 308 g/mol. The van der Waals surface area contributed by atoms with Crippen molar-refractivity contribution in [3.8, 4) is 0 Å². The monoisotopic (exact) mass is 342 g/mol. The van der Waals surface area contributed by atoms with E-state index in [1.807, 2.05) is 0 Å². The van der Waals surface area contributed by atoms with Crippen LogP contribution in [0.4, 0.5) is 0 Å². The molecule has 0 aromatic carbocycles. The first kappa shape index (κ1) is 20.9. The van der Waals surface area contributed by atoms with Crippen molar-refractivity contribution in [1.82, 2.24) is 9.80 Å². The van der Waals surface area contributed by atoms with Crippen LogP contribution in [0.15, 0.2) is 0 Å². The van der Waals surface area contributed by atoms with Gasteiger partial charge in [-0.05, 0) is 11.8 Å². The number of hydrogen-bond donors (Lipinski definition) is 0. The van der Waals surface area contributed by atoms with Gasteiger partial charge < -0.3 is 9.47 Å². The summed E-state index contributed by atoms with van der Waals surface area (Å²) in [5, 5.41) is 0. The van der Waals surface area contributed by atoms with Crippen LogP contribution in [0.2, 0.25) is 0 Å². The van der Waals surface area contributed by atoms with E-state index in [9.17, 15) is 9.59 Å². The van der Waals surface area contributed by atoms with E-state index in [1.54, 1.807) is 0 Å². The fourth-order valence-corrected chi connectivity index (χ4v) is 3.46. The van der Waals surface area contributed by atoms with E-state index < -0.39 is 0 Å². The maximum Gasteiger partial charge on any atom is 0.323 e. The third kappa shape index (κ3) is 4.93. The van der Waals surface area contributed by atoms with Crippen LogP contribution in [0.25, 0.3) is 0 Å². The molecule has 6 heteroatoms. The summed E-state index contributed by atoms with van der Waals surface area (Å²) in [5.41, 5.74) is 0. The fourth-order valence-electron chi connectivity index (χ4n) is 3.46. The molecule has 0 radical (unpaired) electrons. The van der Waals surface area contributed by atoms with Gasteiger partial charge in [0.15, 0.2) is 0 Å². The van der Waals surface area contributed by atoms with E-state index in [-0.39, 0.29) is 35.9 Å². The molecule has 0 amide bonds. The van der Waals surface area contributed by atoms with Gasteiger partial charge >= 0.3 is 11.9 Å². The topological polar surface area (TPSA) is 59.1 Å². The van der Waals surface area contributed by atoms with Crippen molar-refractivity contribution in [1.29, 1.82) is 0 Å². The van der Waals surface area contributed by atoms with E-state index in [4.69, 9.17) is 9.47 Å². The van der Waals surface area contributed by atoms with Crippen LogP contribution in [-0.2, 0) is 19.1 Å². The van der Waals surface area contributed by atoms with Crippen LogP contribution in [0.3, 0.4) is 0 Å². The Hall–Kier alpha value is -1.14. The summed E-state index contributed by atoms with van der Waals surface area (Å²) in [4.78, 5) is 28.8. The third-order valence-electron chi connectivity index (χ3n) is 5.39. The van der Waals surface area contributed by atoms with Gasteiger partial charge in [-0.15, -0.1) is 0 Å². The first-order valence-corrected chi connectivity index (χ1v) is 9.04. The lowest BCUT2D eigenvalue weighted by molar-refractivity contribution is -0.154. The van der Waals surface area contributed by atoms with Crippen molar-refractivity contribution in [2.75, 3.05) is 40.4 Å². The van der Waals surface area contributed by atoms with Crippen LogP contribution in [0.1, 0.15) is 40.5 Å². The molecule has 1 fully saturated rings. The molecule has 1 saturated heterocycles. The quantitative estimate of drug-likeness (QED) is 0.627. The van der Waals surface area contributed by atoms with Gasteiger partial charge in [-0.25, -0.2) is 0 Å². The van der Waals surface area contributed by atoms with Crippen molar-refractivity contribution in [2.45, 2.75) is 52.6 Å². The Labute approximate surface area is 146 Å². The number of nitrogens with zero attached hydrogens (tertiary/aromatic N) is 2. The highest BCUT2D eigenvalue weighted by molar-refractivity contribution is 5.76. The van der Waals surface area contributed by atoms with Gasteiger partial charge in [0.25, 0.3) is 0 Å². The lowest BCUT2D eigenvalue weighted by atomic mass is 9.95. The predicted octanol–water partition coefficient (Wildman–Crippen LogP) is 1.78. The second-order valence-electron chi connectivity index (χ2n) is 6.78. The largest absolute Gasteiger partial charge is 0.468 e. The van der Waals surface area contributed by atoms with Crippen molar-refractivity contribution >= 4 is 11.9 Å². The number of carbonyl (C=O) groups is 2. The van der Waals surface area contributed by atoms with Crippen LogP contribution in [0.5, 0.6) is 0 Å². The zero-order valence-corrected chi connectivity index (χ0v) is 16.1. The van der Waals surface area contributed by atoms with Crippen molar-refractivity contribution in [3.63, 3.8) is 0 Å². The molecule has 24 heavy (non-hydrogen) atoms. The Balaban J connectivity index is 2.78. The van der Waals surface area contributed by atoms with Crippen LogP contribution in [0, 0.1) is 11.8 Å². The normalized spacial score (nSPS) is 21.6. The zero-order chi connectivity index (χ0) is 18.3. The summed E-state index contributed by atoms with van der Waals surface area (Å²) in [7, 11) is 2.90. The molecule has 1 aliphatic rings. The number of rotatable bonds is 8. The standard InChI is InChI=1S/C18H34N2O4/c1-7-13(3)15(17(21)23-5)19-9-11-20(12-10-19)16(14(4)8-2)18(22)24-6/h13-16H,7-12H2,1-6H3/t13-,14-,15-,16+/m0/s1. The minimum absolute atomic E-state index is 0.163. The second-order valence-corrected chi connectivity index (χ2v) is 6.78. The Kier molecular flexibility index (Phi) is 8.70. The molecule has 0 aromatic rings. The zero-order valence-electron chi connectivity index (χ0n) is 16.1. The molecule has 0 saturated carbocycles. The Morgan fingerprint density at radius 1 is 0.792 bits per heavy atom. The van der Waals surface area contributed by atoms with Gasteiger partial charge in [0, 0.05) is 26.2 Å². The molecule has 0 spiro atoms. The summed E-state index contributed by atoms with van der Waals surface area (Å²) in [6.07, 6.45) is 1.86. The third-order valence-corrected chi connectivity index (χ3v) is 5.39. The summed E-state index contributed by atoms with van der Waals surface area (Å²) >= 11 is 0. The number of methoxy groups -OCH3 is 2. The lowest BCUT2D eigenvalue weighted by Crippen LogP contribution is -2.59. The maximum absolute atomic E-state index is 12.2. The molecule has 1 rings (SSSR count).